The molecule has 0 unspecified atom stereocenters. The third kappa shape index (κ3) is 3.46. The molecule has 2 aromatic heterocycles. The van der Waals surface area contributed by atoms with Gasteiger partial charge in [-0.05, 0) is 48.5 Å². The maximum absolute atomic E-state index is 4.86. The fourth-order valence-corrected chi connectivity index (χ4v) is 3.51. The topological polar surface area (TPSA) is 29.0 Å². The molecule has 138 valence electrons. The van der Waals surface area contributed by atoms with E-state index in [1.54, 1.807) is 0 Å². The van der Waals surface area contributed by atoms with Crippen LogP contribution >= 0.6 is 0 Å². The van der Waals surface area contributed by atoms with E-state index in [1.807, 2.05) is 60.8 Å². The molecule has 0 N–H and O–H groups in total. The maximum atomic E-state index is 4.86. The Morgan fingerprint density at radius 3 is 2.24 bits per heavy atom. The molecule has 0 saturated carbocycles. The molecule has 0 fully saturated rings. The summed E-state index contributed by atoms with van der Waals surface area (Å²) in [6, 6.07) is 37.1. The lowest BCUT2D eigenvalue weighted by Crippen LogP contribution is -2.11. The van der Waals surface area contributed by atoms with Gasteiger partial charge in [-0.15, -0.1) is 0 Å². The predicted molar refractivity (Wildman–Crippen MR) is 120 cm³/mol. The van der Waals surface area contributed by atoms with Gasteiger partial charge in [0, 0.05) is 28.5 Å². The van der Waals surface area contributed by atoms with Crippen molar-refractivity contribution in [2.45, 2.75) is 0 Å². The van der Waals surface area contributed by atoms with Gasteiger partial charge in [0.1, 0.15) is 5.82 Å². The van der Waals surface area contributed by atoms with Crippen LogP contribution < -0.4 is 4.90 Å². The van der Waals surface area contributed by atoms with Gasteiger partial charge < -0.3 is 0 Å². The summed E-state index contributed by atoms with van der Waals surface area (Å²) < 4.78 is 0. The second kappa shape index (κ2) is 7.56. The Labute approximate surface area is 169 Å². The first-order valence-electron chi connectivity index (χ1n) is 9.61. The summed E-state index contributed by atoms with van der Waals surface area (Å²) >= 11 is 0. The summed E-state index contributed by atoms with van der Waals surface area (Å²) in [5.74, 6) is 0.877. The first kappa shape index (κ1) is 17.1. The van der Waals surface area contributed by atoms with Crippen molar-refractivity contribution in [3.05, 3.63) is 115 Å². The number of rotatable bonds is 4. The van der Waals surface area contributed by atoms with Gasteiger partial charge in [-0.3, -0.25) is 4.90 Å². The average molecular weight is 373 g/mol. The Morgan fingerprint density at radius 1 is 0.586 bits per heavy atom. The number of anilines is 3. The van der Waals surface area contributed by atoms with Crippen molar-refractivity contribution in [2.24, 2.45) is 0 Å². The summed E-state index contributed by atoms with van der Waals surface area (Å²) in [4.78, 5) is 11.6. The molecule has 3 aromatic carbocycles. The van der Waals surface area contributed by atoms with Crippen molar-refractivity contribution in [1.82, 2.24) is 9.97 Å². The molecule has 3 heteroatoms. The standard InChI is InChI=1S/C26H19N3/c1-2-11-22(12-3-1)29(26-15-6-7-18-27-26)23-13-8-10-21(19-23)25-17-16-20-9-4-5-14-24(20)28-25/h1-19H. The zero-order valence-corrected chi connectivity index (χ0v) is 15.8. The molecule has 0 bridgehead atoms. The van der Waals surface area contributed by atoms with Crippen LogP contribution in [0.2, 0.25) is 0 Å². The third-order valence-electron chi connectivity index (χ3n) is 4.89. The van der Waals surface area contributed by atoms with Crippen LogP contribution in [-0.2, 0) is 0 Å². The lowest BCUT2D eigenvalue weighted by Gasteiger charge is -2.24. The van der Waals surface area contributed by atoms with E-state index in [0.717, 1.165) is 39.4 Å². The molecule has 0 amide bonds. The number of pyridine rings is 2. The van der Waals surface area contributed by atoms with E-state index in [-0.39, 0.29) is 0 Å². The second-order valence-electron chi connectivity index (χ2n) is 6.80. The second-order valence-corrected chi connectivity index (χ2v) is 6.80. The van der Waals surface area contributed by atoms with Crippen LogP contribution in [0, 0.1) is 0 Å². The number of aromatic nitrogens is 2. The predicted octanol–water partition coefficient (Wildman–Crippen LogP) is 6.77. The zero-order valence-electron chi connectivity index (χ0n) is 15.8. The van der Waals surface area contributed by atoms with E-state index in [2.05, 4.69) is 64.5 Å². The van der Waals surface area contributed by atoms with Crippen LogP contribution in [0.1, 0.15) is 0 Å². The number of hydrogen-bond donors (Lipinski definition) is 0. The lowest BCUT2D eigenvalue weighted by molar-refractivity contribution is 1.18. The Bertz CT molecular complexity index is 1210. The van der Waals surface area contributed by atoms with Crippen molar-refractivity contribution in [3.8, 4) is 11.3 Å². The Morgan fingerprint density at radius 2 is 1.38 bits per heavy atom. The van der Waals surface area contributed by atoms with Crippen molar-refractivity contribution < 1.29 is 0 Å². The normalized spacial score (nSPS) is 10.8. The first-order valence-corrected chi connectivity index (χ1v) is 9.61. The minimum absolute atomic E-state index is 0.877. The minimum Gasteiger partial charge on any atom is -0.295 e. The fourth-order valence-electron chi connectivity index (χ4n) is 3.51. The number of fused-ring (bicyclic) bond motifs is 1. The molecule has 0 spiro atoms. The summed E-state index contributed by atoms with van der Waals surface area (Å²) in [7, 11) is 0. The molecular formula is C26H19N3. The maximum Gasteiger partial charge on any atom is 0.137 e. The molecule has 5 aromatic rings. The quantitative estimate of drug-likeness (QED) is 0.348. The van der Waals surface area contributed by atoms with Crippen LogP contribution in [0.25, 0.3) is 22.2 Å². The summed E-state index contributed by atoms with van der Waals surface area (Å²) in [5.41, 5.74) is 5.14. The largest absolute Gasteiger partial charge is 0.295 e. The van der Waals surface area contributed by atoms with Crippen LogP contribution in [0.5, 0.6) is 0 Å². The van der Waals surface area contributed by atoms with E-state index >= 15 is 0 Å². The number of hydrogen-bond acceptors (Lipinski definition) is 3. The highest BCUT2D eigenvalue weighted by Gasteiger charge is 2.14. The van der Waals surface area contributed by atoms with Gasteiger partial charge in [0.15, 0.2) is 0 Å². The molecule has 0 atom stereocenters. The van der Waals surface area contributed by atoms with Gasteiger partial charge in [0.25, 0.3) is 0 Å². The lowest BCUT2D eigenvalue weighted by atomic mass is 10.1. The van der Waals surface area contributed by atoms with Crippen molar-refractivity contribution >= 4 is 28.1 Å². The number of nitrogens with zero attached hydrogens (tertiary/aromatic N) is 3. The molecule has 0 saturated heterocycles. The SMILES string of the molecule is c1ccc(N(c2cccc(-c3ccc4ccccc4n3)c2)c2ccccn2)cc1. The Kier molecular flexibility index (Phi) is 4.47. The van der Waals surface area contributed by atoms with Crippen molar-refractivity contribution in [3.63, 3.8) is 0 Å². The molecule has 0 radical (unpaired) electrons. The van der Waals surface area contributed by atoms with Crippen LogP contribution in [0.4, 0.5) is 17.2 Å². The number of para-hydroxylation sites is 2. The van der Waals surface area contributed by atoms with E-state index in [4.69, 9.17) is 4.98 Å². The molecule has 5 rings (SSSR count). The summed E-state index contributed by atoms with van der Waals surface area (Å²) in [6.45, 7) is 0. The highest BCUT2D eigenvalue weighted by Crippen LogP contribution is 2.35. The number of benzene rings is 3. The van der Waals surface area contributed by atoms with Crippen LogP contribution in [0.15, 0.2) is 115 Å². The summed E-state index contributed by atoms with van der Waals surface area (Å²) in [5, 5.41) is 1.15. The zero-order chi connectivity index (χ0) is 19.5. The molecule has 0 aliphatic carbocycles. The molecule has 29 heavy (non-hydrogen) atoms. The monoisotopic (exact) mass is 373 g/mol. The van der Waals surface area contributed by atoms with Crippen molar-refractivity contribution in [1.29, 1.82) is 0 Å². The summed E-state index contributed by atoms with van der Waals surface area (Å²) in [6.07, 6.45) is 1.82. The van der Waals surface area contributed by atoms with Crippen LogP contribution in [0.3, 0.4) is 0 Å². The average Bonchev–Trinajstić information content (AvgIpc) is 2.81. The smallest absolute Gasteiger partial charge is 0.137 e. The minimum atomic E-state index is 0.877. The fraction of sp³-hybridized carbons (Fsp3) is 0. The van der Waals surface area contributed by atoms with Crippen LogP contribution in [-0.4, -0.2) is 9.97 Å². The highest BCUT2D eigenvalue weighted by atomic mass is 15.2. The van der Waals surface area contributed by atoms with Gasteiger partial charge in [-0.2, -0.15) is 0 Å². The van der Waals surface area contributed by atoms with Gasteiger partial charge in [-0.1, -0.05) is 60.7 Å². The van der Waals surface area contributed by atoms with E-state index in [0.29, 0.717) is 0 Å². The molecule has 0 aliphatic rings. The van der Waals surface area contributed by atoms with Gasteiger partial charge in [0.05, 0.1) is 11.2 Å². The Hall–Kier alpha value is -3.98. The third-order valence-corrected chi connectivity index (χ3v) is 4.89. The first-order chi connectivity index (χ1) is 14.4. The van der Waals surface area contributed by atoms with Gasteiger partial charge in [0.2, 0.25) is 0 Å². The van der Waals surface area contributed by atoms with E-state index in [1.165, 1.54) is 0 Å². The van der Waals surface area contributed by atoms with Crippen molar-refractivity contribution in [2.75, 3.05) is 4.90 Å². The van der Waals surface area contributed by atoms with Gasteiger partial charge in [-0.25, -0.2) is 9.97 Å². The molecule has 3 nitrogen and oxygen atoms in total. The van der Waals surface area contributed by atoms with Gasteiger partial charge >= 0.3 is 0 Å². The van der Waals surface area contributed by atoms with E-state index in [9.17, 15) is 0 Å². The highest BCUT2D eigenvalue weighted by molar-refractivity contribution is 5.83. The van der Waals surface area contributed by atoms with E-state index < -0.39 is 0 Å². The molecule has 0 aliphatic heterocycles. The molecular weight excluding hydrogens is 354 g/mol. The molecule has 2 heterocycles. The Balaban J connectivity index is 1.62.